The number of carbonyl (C=O) groups excluding carboxylic acids is 2. The van der Waals surface area contributed by atoms with E-state index in [-0.39, 0.29) is 11.3 Å². The first kappa shape index (κ1) is 11.6. The zero-order chi connectivity index (χ0) is 13.4. The van der Waals surface area contributed by atoms with E-state index in [4.69, 9.17) is 0 Å². The van der Waals surface area contributed by atoms with Gasteiger partial charge < -0.3 is 5.11 Å². The van der Waals surface area contributed by atoms with Crippen molar-refractivity contribution in [2.45, 2.75) is 6.42 Å². The van der Waals surface area contributed by atoms with Gasteiger partial charge in [-0.1, -0.05) is 30.3 Å². The lowest BCUT2D eigenvalue weighted by molar-refractivity contribution is -0.138. The Hall–Kier alpha value is -2.43. The van der Waals surface area contributed by atoms with Gasteiger partial charge in [0.25, 0.3) is 5.78 Å². The summed E-state index contributed by atoms with van der Waals surface area (Å²) in [5.74, 6) is -1.15. The lowest BCUT2D eigenvalue weighted by atomic mass is 10.1. The minimum Gasteiger partial charge on any atom is -0.506 e. The molecule has 5 nitrogen and oxygen atoms in total. The summed E-state index contributed by atoms with van der Waals surface area (Å²) in [6.07, 6.45) is 0.738. The van der Waals surface area contributed by atoms with Crippen LogP contribution in [0.1, 0.15) is 12.0 Å². The molecule has 0 saturated carbocycles. The molecule has 2 aliphatic rings. The van der Waals surface area contributed by atoms with Crippen molar-refractivity contribution < 1.29 is 14.7 Å². The van der Waals surface area contributed by atoms with Crippen LogP contribution in [-0.4, -0.2) is 40.6 Å². The van der Waals surface area contributed by atoms with Gasteiger partial charge in [0.05, 0.1) is 0 Å². The number of rotatable bonds is 1. The van der Waals surface area contributed by atoms with E-state index in [0.717, 1.165) is 6.42 Å². The normalized spacial score (nSPS) is 21.3. The van der Waals surface area contributed by atoms with Crippen LogP contribution in [0.4, 0.5) is 0 Å². The number of hydrogen-bond acceptors (Lipinski definition) is 4. The smallest absolute Gasteiger partial charge is 0.300 e. The number of fused-ring (bicyclic) bond motifs is 1. The summed E-state index contributed by atoms with van der Waals surface area (Å²) in [4.78, 5) is 29.4. The molecule has 2 heterocycles. The summed E-state index contributed by atoms with van der Waals surface area (Å²) in [7, 11) is 0. The summed E-state index contributed by atoms with van der Waals surface area (Å²) < 4.78 is 0. The molecule has 1 aromatic rings. The number of benzene rings is 1. The fourth-order valence-electron chi connectivity index (χ4n) is 2.30. The van der Waals surface area contributed by atoms with Crippen LogP contribution in [0.3, 0.4) is 0 Å². The van der Waals surface area contributed by atoms with E-state index in [1.54, 1.807) is 24.3 Å². The number of nitrogens with zero attached hydrogens (tertiary/aromatic N) is 2. The second-order valence-corrected chi connectivity index (χ2v) is 4.43. The van der Waals surface area contributed by atoms with Crippen molar-refractivity contribution in [2.24, 2.45) is 4.99 Å². The molecule has 0 unspecified atom stereocenters. The predicted octanol–water partition coefficient (Wildman–Crippen LogP) is 1.17. The maximum atomic E-state index is 12.0. The molecule has 3 rings (SSSR count). The Kier molecular flexibility index (Phi) is 2.67. The topological polar surface area (TPSA) is 70.0 Å². The van der Waals surface area contributed by atoms with Crippen molar-refractivity contribution in [3.8, 4) is 0 Å². The molecule has 1 saturated heterocycles. The number of hydrogen-bond donors (Lipinski definition) is 1. The summed E-state index contributed by atoms with van der Waals surface area (Å²) in [6, 6.07) is 8.70. The molecule has 0 radical (unpaired) electrons. The quantitative estimate of drug-likeness (QED) is 0.466. The van der Waals surface area contributed by atoms with Gasteiger partial charge >= 0.3 is 5.91 Å². The lowest BCUT2D eigenvalue weighted by Gasteiger charge is -2.19. The highest BCUT2D eigenvalue weighted by Gasteiger charge is 2.43. The van der Waals surface area contributed by atoms with Crippen LogP contribution in [0.5, 0.6) is 0 Å². The largest absolute Gasteiger partial charge is 0.506 e. The minimum atomic E-state index is -0.679. The van der Waals surface area contributed by atoms with Crippen LogP contribution < -0.4 is 0 Å². The van der Waals surface area contributed by atoms with Gasteiger partial charge in [-0.25, -0.2) is 0 Å². The predicted molar refractivity (Wildman–Crippen MR) is 69.6 cm³/mol. The third-order valence-electron chi connectivity index (χ3n) is 3.23. The molecule has 0 spiro atoms. The molecule has 2 aliphatic heterocycles. The minimum absolute atomic E-state index is 0.0240. The number of ketones is 1. The summed E-state index contributed by atoms with van der Waals surface area (Å²) in [5.41, 5.74) is 0.532. The van der Waals surface area contributed by atoms with Crippen molar-refractivity contribution in [3.63, 3.8) is 0 Å². The van der Waals surface area contributed by atoms with Gasteiger partial charge in [0, 0.05) is 18.7 Å². The zero-order valence-corrected chi connectivity index (χ0v) is 10.2. The Labute approximate surface area is 109 Å². The number of amides is 1. The molecule has 19 heavy (non-hydrogen) atoms. The third-order valence-corrected chi connectivity index (χ3v) is 3.23. The Bertz CT molecular complexity index is 617. The summed E-state index contributed by atoms with van der Waals surface area (Å²) >= 11 is 0. The molecule has 1 N–H and O–H groups in total. The molecule has 0 atom stereocenters. The highest BCUT2D eigenvalue weighted by molar-refractivity contribution is 6.58. The van der Waals surface area contributed by atoms with E-state index in [2.05, 4.69) is 4.99 Å². The average Bonchev–Trinajstić information content (AvgIpc) is 2.72. The van der Waals surface area contributed by atoms with Crippen molar-refractivity contribution in [1.82, 2.24) is 4.90 Å². The van der Waals surface area contributed by atoms with Crippen LogP contribution in [0.15, 0.2) is 40.9 Å². The van der Waals surface area contributed by atoms with E-state index in [1.165, 1.54) is 4.90 Å². The Morgan fingerprint density at radius 1 is 1.21 bits per heavy atom. The van der Waals surface area contributed by atoms with Crippen molar-refractivity contribution in [1.29, 1.82) is 0 Å². The lowest BCUT2D eigenvalue weighted by Crippen LogP contribution is -2.35. The van der Waals surface area contributed by atoms with Crippen LogP contribution in [0.2, 0.25) is 0 Å². The van der Waals surface area contributed by atoms with E-state index >= 15 is 0 Å². The van der Waals surface area contributed by atoms with Crippen molar-refractivity contribution in [3.05, 3.63) is 41.5 Å². The second-order valence-electron chi connectivity index (χ2n) is 4.43. The third kappa shape index (κ3) is 1.74. The van der Waals surface area contributed by atoms with Crippen LogP contribution >= 0.6 is 0 Å². The fourth-order valence-corrected chi connectivity index (χ4v) is 2.30. The van der Waals surface area contributed by atoms with Crippen molar-refractivity contribution >= 4 is 23.3 Å². The molecule has 0 bridgehead atoms. The number of aliphatic hydroxyl groups is 1. The van der Waals surface area contributed by atoms with Gasteiger partial charge in [0.2, 0.25) is 0 Å². The number of amidine groups is 1. The maximum Gasteiger partial charge on any atom is 0.300 e. The van der Waals surface area contributed by atoms with Crippen LogP contribution in [-0.2, 0) is 9.59 Å². The van der Waals surface area contributed by atoms with E-state index in [0.29, 0.717) is 24.5 Å². The van der Waals surface area contributed by atoms with E-state index in [1.807, 2.05) is 6.07 Å². The van der Waals surface area contributed by atoms with Crippen LogP contribution in [0, 0.1) is 0 Å². The fraction of sp³-hybridized carbons (Fsp3) is 0.214. The Balaban J connectivity index is 2.16. The molecule has 5 heteroatoms. The molecular formula is C14H12N2O3. The first-order valence-corrected chi connectivity index (χ1v) is 6.10. The first-order chi connectivity index (χ1) is 9.20. The highest BCUT2D eigenvalue weighted by atomic mass is 16.3. The monoisotopic (exact) mass is 256 g/mol. The maximum absolute atomic E-state index is 12.0. The zero-order valence-electron chi connectivity index (χ0n) is 10.2. The number of aliphatic imine (C=N–C) groups is 1. The van der Waals surface area contributed by atoms with Gasteiger partial charge in [-0.2, -0.15) is 0 Å². The second kappa shape index (κ2) is 4.35. The molecular weight excluding hydrogens is 244 g/mol. The average molecular weight is 256 g/mol. The molecule has 0 aliphatic carbocycles. The summed E-state index contributed by atoms with van der Waals surface area (Å²) in [6.45, 7) is 1.05. The van der Waals surface area contributed by atoms with Gasteiger partial charge in [0.15, 0.2) is 0 Å². The first-order valence-electron chi connectivity index (χ1n) is 6.10. The molecule has 0 aromatic heterocycles. The van der Waals surface area contributed by atoms with E-state index in [9.17, 15) is 14.7 Å². The van der Waals surface area contributed by atoms with Gasteiger partial charge in [-0.15, -0.1) is 0 Å². The van der Waals surface area contributed by atoms with Gasteiger partial charge in [0.1, 0.15) is 17.2 Å². The van der Waals surface area contributed by atoms with Gasteiger partial charge in [-0.05, 0) is 6.42 Å². The standard InChI is InChI=1S/C14H12N2O3/c17-11(9-5-2-1-3-6-9)10-12(18)14(19)16-8-4-7-15-13(10)16/h1-3,5-6,17H,4,7-8H2/b11-10-. The number of aliphatic hydroxyl groups excluding tert-OH is 1. The SMILES string of the molecule is O=C1C(=O)N2CCCN=C2/C1=C(\O)c1ccccc1. The Morgan fingerprint density at radius 3 is 2.68 bits per heavy atom. The van der Waals surface area contributed by atoms with Crippen molar-refractivity contribution in [2.75, 3.05) is 13.1 Å². The number of carbonyl (C=O) groups is 2. The van der Waals surface area contributed by atoms with E-state index < -0.39 is 11.7 Å². The number of Topliss-reactive ketones (excluding diaryl/α,β-unsaturated/α-hetero) is 1. The van der Waals surface area contributed by atoms with Crippen LogP contribution in [0.25, 0.3) is 5.76 Å². The Morgan fingerprint density at radius 2 is 1.95 bits per heavy atom. The molecule has 1 amide bonds. The molecule has 1 fully saturated rings. The summed E-state index contributed by atoms with van der Waals surface area (Å²) in [5, 5.41) is 10.2. The molecule has 1 aromatic carbocycles. The molecule has 96 valence electrons. The highest BCUT2D eigenvalue weighted by Crippen LogP contribution is 2.26. The van der Waals surface area contributed by atoms with Gasteiger partial charge in [-0.3, -0.25) is 19.5 Å².